The van der Waals surface area contributed by atoms with E-state index in [2.05, 4.69) is 22.5 Å². The van der Waals surface area contributed by atoms with Crippen molar-refractivity contribution in [2.24, 2.45) is 11.7 Å². The van der Waals surface area contributed by atoms with Crippen LogP contribution in [0.2, 0.25) is 0 Å². The highest BCUT2D eigenvalue weighted by atomic mass is 35.5. The van der Waals surface area contributed by atoms with Crippen molar-refractivity contribution in [3.63, 3.8) is 0 Å². The van der Waals surface area contributed by atoms with E-state index in [1.54, 1.807) is 0 Å². The van der Waals surface area contributed by atoms with Gasteiger partial charge in [-0.3, -0.25) is 9.59 Å². The summed E-state index contributed by atoms with van der Waals surface area (Å²) in [5, 5.41) is 7.56. The van der Waals surface area contributed by atoms with E-state index in [1.807, 2.05) is 43.5 Å². The van der Waals surface area contributed by atoms with E-state index < -0.39 is 6.04 Å². The number of anilines is 1. The fourth-order valence-electron chi connectivity index (χ4n) is 2.16. The zero-order valence-electron chi connectivity index (χ0n) is 16.2. The number of benzene rings is 1. The minimum atomic E-state index is -0.631. The molecule has 1 aromatic carbocycles. The van der Waals surface area contributed by atoms with Crippen LogP contribution in [0.25, 0.3) is 11.3 Å². The van der Waals surface area contributed by atoms with Crippen LogP contribution in [0.1, 0.15) is 27.2 Å². The maximum absolute atomic E-state index is 12.0. The van der Waals surface area contributed by atoms with Gasteiger partial charge in [-0.2, -0.15) is 0 Å². The van der Waals surface area contributed by atoms with Crippen molar-refractivity contribution < 1.29 is 14.3 Å². The fourth-order valence-corrected chi connectivity index (χ4v) is 2.89. The summed E-state index contributed by atoms with van der Waals surface area (Å²) in [5.41, 5.74) is 7.44. The summed E-state index contributed by atoms with van der Waals surface area (Å²) >= 11 is 1.32. The van der Waals surface area contributed by atoms with E-state index in [4.69, 9.17) is 10.5 Å². The largest absolute Gasteiger partial charge is 0.494 e. The monoisotopic (exact) mass is 426 g/mol. The zero-order valence-corrected chi connectivity index (χ0v) is 17.9. The minimum Gasteiger partial charge on any atom is -0.494 e. The van der Waals surface area contributed by atoms with Gasteiger partial charge >= 0.3 is 0 Å². The number of rotatable bonds is 9. The second-order valence-corrected chi connectivity index (χ2v) is 7.30. The van der Waals surface area contributed by atoms with Crippen molar-refractivity contribution in [1.82, 2.24) is 10.3 Å². The summed E-state index contributed by atoms with van der Waals surface area (Å²) in [7, 11) is 0. The maximum Gasteiger partial charge on any atom is 0.245 e. The molecule has 0 saturated heterocycles. The first-order chi connectivity index (χ1) is 12.9. The van der Waals surface area contributed by atoms with E-state index >= 15 is 0 Å². The van der Waals surface area contributed by atoms with Gasteiger partial charge in [0.15, 0.2) is 5.13 Å². The van der Waals surface area contributed by atoms with Crippen LogP contribution in [0, 0.1) is 5.92 Å². The molecule has 0 unspecified atom stereocenters. The Hall–Kier alpha value is -2.16. The molecule has 0 radical (unpaired) electrons. The third-order valence-electron chi connectivity index (χ3n) is 3.82. The molecule has 7 nitrogen and oxygen atoms in total. The van der Waals surface area contributed by atoms with Gasteiger partial charge in [-0.05, 0) is 36.6 Å². The molecule has 0 aliphatic carbocycles. The molecule has 0 fully saturated rings. The summed E-state index contributed by atoms with van der Waals surface area (Å²) in [5.74, 6) is 0.141. The molecule has 0 bridgehead atoms. The Labute approximate surface area is 175 Å². The lowest BCUT2D eigenvalue weighted by Gasteiger charge is -2.14. The number of carbonyl (C=O) groups is 2. The number of nitrogens with zero attached hydrogens (tertiary/aromatic N) is 1. The van der Waals surface area contributed by atoms with Crippen LogP contribution in [-0.4, -0.2) is 36.0 Å². The molecule has 0 spiro atoms. The number of hydrogen-bond acceptors (Lipinski definition) is 6. The Morgan fingerprint density at radius 3 is 2.54 bits per heavy atom. The second-order valence-electron chi connectivity index (χ2n) is 6.45. The van der Waals surface area contributed by atoms with E-state index in [9.17, 15) is 9.59 Å². The Balaban J connectivity index is 0.00000392. The highest BCUT2D eigenvalue weighted by Gasteiger charge is 2.18. The molecule has 1 heterocycles. The Morgan fingerprint density at radius 2 is 1.93 bits per heavy atom. The zero-order chi connectivity index (χ0) is 19.8. The number of halogens is 1. The van der Waals surface area contributed by atoms with Crippen LogP contribution in [0.3, 0.4) is 0 Å². The summed E-state index contributed by atoms with van der Waals surface area (Å²) < 4.78 is 5.56. The fraction of sp³-hybridized carbons (Fsp3) is 0.421. The first-order valence-electron chi connectivity index (χ1n) is 8.92. The van der Waals surface area contributed by atoms with Gasteiger partial charge in [-0.1, -0.05) is 20.8 Å². The van der Waals surface area contributed by atoms with Gasteiger partial charge in [0.05, 0.1) is 24.9 Å². The van der Waals surface area contributed by atoms with Crippen LogP contribution in [0.4, 0.5) is 5.13 Å². The molecule has 28 heavy (non-hydrogen) atoms. The van der Waals surface area contributed by atoms with Gasteiger partial charge in [-0.25, -0.2) is 4.98 Å². The van der Waals surface area contributed by atoms with Crippen molar-refractivity contribution in [1.29, 1.82) is 0 Å². The number of nitrogens with one attached hydrogen (secondary N) is 2. The smallest absolute Gasteiger partial charge is 0.245 e. The van der Waals surface area contributed by atoms with Crippen molar-refractivity contribution in [2.45, 2.75) is 33.2 Å². The summed E-state index contributed by atoms with van der Waals surface area (Å²) in [6, 6.07) is 7.03. The number of carbonyl (C=O) groups excluding carboxylic acids is 2. The molecule has 0 aliphatic heterocycles. The molecule has 4 N–H and O–H groups in total. The van der Waals surface area contributed by atoms with Crippen molar-refractivity contribution >= 4 is 40.7 Å². The molecule has 2 amide bonds. The van der Waals surface area contributed by atoms with E-state index in [1.165, 1.54) is 11.3 Å². The molecular formula is C19H27ClN4O3S. The van der Waals surface area contributed by atoms with Gasteiger partial charge in [0.25, 0.3) is 0 Å². The number of amides is 2. The average molecular weight is 427 g/mol. The number of hydrogen-bond donors (Lipinski definition) is 3. The van der Waals surface area contributed by atoms with Gasteiger partial charge in [0.2, 0.25) is 11.8 Å². The Morgan fingerprint density at radius 1 is 1.25 bits per heavy atom. The molecule has 2 aromatic rings. The third kappa shape index (κ3) is 7.10. The van der Waals surface area contributed by atoms with E-state index in [0.29, 0.717) is 11.7 Å². The highest BCUT2D eigenvalue weighted by Crippen LogP contribution is 2.26. The van der Waals surface area contributed by atoms with Crippen LogP contribution in [0.5, 0.6) is 5.75 Å². The van der Waals surface area contributed by atoms with Crippen molar-refractivity contribution in [3.05, 3.63) is 29.6 Å². The first-order valence-corrected chi connectivity index (χ1v) is 9.80. The van der Waals surface area contributed by atoms with Crippen LogP contribution >= 0.6 is 23.7 Å². The van der Waals surface area contributed by atoms with Crippen molar-refractivity contribution in [2.75, 3.05) is 18.5 Å². The minimum absolute atomic E-state index is 0. The lowest BCUT2D eigenvalue weighted by Crippen LogP contribution is -2.46. The van der Waals surface area contributed by atoms with Crippen LogP contribution in [0.15, 0.2) is 29.6 Å². The summed E-state index contributed by atoms with van der Waals surface area (Å²) in [6.45, 7) is 6.31. The highest BCUT2D eigenvalue weighted by molar-refractivity contribution is 7.14. The maximum atomic E-state index is 12.0. The van der Waals surface area contributed by atoms with Crippen LogP contribution in [-0.2, 0) is 9.59 Å². The van der Waals surface area contributed by atoms with Crippen LogP contribution < -0.4 is 21.1 Å². The third-order valence-corrected chi connectivity index (χ3v) is 4.58. The molecule has 2 rings (SSSR count). The normalized spacial score (nSPS) is 11.5. The Kier molecular flexibility index (Phi) is 9.92. The SMILES string of the molecule is CCCOc1ccc(-c2csc(NC(=O)CNC(=O)[C@@H](N)C(C)C)n2)cc1.Cl. The van der Waals surface area contributed by atoms with Gasteiger partial charge in [0.1, 0.15) is 5.75 Å². The first kappa shape index (κ1) is 23.9. The molecule has 1 atom stereocenters. The molecule has 9 heteroatoms. The average Bonchev–Trinajstić information content (AvgIpc) is 3.12. The number of aromatic nitrogens is 1. The molecule has 0 aliphatic rings. The number of thiazole rings is 1. The summed E-state index contributed by atoms with van der Waals surface area (Å²) in [6.07, 6.45) is 0.959. The van der Waals surface area contributed by atoms with Gasteiger partial charge in [0, 0.05) is 10.9 Å². The number of ether oxygens (including phenoxy) is 1. The lowest BCUT2D eigenvalue weighted by molar-refractivity contribution is -0.125. The van der Waals surface area contributed by atoms with Gasteiger partial charge in [-0.15, -0.1) is 23.7 Å². The molecular weight excluding hydrogens is 400 g/mol. The molecule has 154 valence electrons. The quantitative estimate of drug-likeness (QED) is 0.571. The lowest BCUT2D eigenvalue weighted by atomic mass is 10.1. The van der Waals surface area contributed by atoms with Crippen molar-refractivity contribution in [3.8, 4) is 17.0 Å². The second kappa shape index (κ2) is 11.6. The predicted octanol–water partition coefficient (Wildman–Crippen LogP) is 3.06. The predicted molar refractivity (Wildman–Crippen MR) is 115 cm³/mol. The molecule has 1 aromatic heterocycles. The Bertz CT molecular complexity index is 765. The number of nitrogens with two attached hydrogens (primary N) is 1. The van der Waals surface area contributed by atoms with E-state index in [-0.39, 0.29) is 36.7 Å². The standard InChI is InChI=1S/C19H26N4O3S.ClH/c1-4-9-26-14-7-5-13(6-8-14)15-11-27-19(22-15)23-16(24)10-21-18(25)17(20)12(2)3;/h5-8,11-12,17H,4,9-10,20H2,1-3H3,(H,21,25)(H,22,23,24);1H/t17-;/m0./s1. The topological polar surface area (TPSA) is 106 Å². The van der Waals surface area contributed by atoms with Gasteiger partial charge < -0.3 is 21.1 Å². The van der Waals surface area contributed by atoms with E-state index in [0.717, 1.165) is 23.4 Å². The molecule has 0 saturated carbocycles. The summed E-state index contributed by atoms with van der Waals surface area (Å²) in [4.78, 5) is 28.2.